The molecule has 0 atom stereocenters. The van der Waals surface area contributed by atoms with E-state index in [2.05, 4.69) is 25.4 Å². The van der Waals surface area contributed by atoms with Gasteiger partial charge >= 0.3 is 6.01 Å². The summed E-state index contributed by atoms with van der Waals surface area (Å²) in [6, 6.07) is 27.1. The fourth-order valence-corrected chi connectivity index (χ4v) is 3.75. The summed E-state index contributed by atoms with van der Waals surface area (Å²) < 4.78 is 8.10. The van der Waals surface area contributed by atoms with E-state index in [1.54, 1.807) is 16.7 Å². The molecule has 0 bridgehead atoms. The molecule has 0 amide bonds. The number of nitrogens with one attached hydrogen (secondary N) is 1. The Bertz CT molecular complexity index is 1440. The molecule has 0 aliphatic rings. The highest BCUT2D eigenvalue weighted by Gasteiger charge is 2.15. The Hall–Kier alpha value is -3.88. The fourth-order valence-electron chi connectivity index (χ4n) is 3.37. The molecule has 0 spiro atoms. The Balaban J connectivity index is 1.47. The molecule has 7 nitrogen and oxygen atoms in total. The maximum atomic E-state index is 6.01. The zero-order valence-electron chi connectivity index (χ0n) is 17.2. The quantitative estimate of drug-likeness (QED) is 0.320. The van der Waals surface area contributed by atoms with Gasteiger partial charge in [-0.15, -0.1) is 5.10 Å². The van der Waals surface area contributed by atoms with Crippen molar-refractivity contribution in [3.05, 3.63) is 101 Å². The van der Waals surface area contributed by atoms with E-state index in [1.165, 1.54) is 0 Å². The van der Waals surface area contributed by atoms with Gasteiger partial charge in [0.25, 0.3) is 0 Å². The van der Waals surface area contributed by atoms with Crippen LogP contribution in [-0.2, 0) is 6.61 Å². The lowest BCUT2D eigenvalue weighted by molar-refractivity contribution is 0.266. The number of nitrogens with zero attached hydrogens (tertiary/aromatic N) is 5. The lowest BCUT2D eigenvalue weighted by Crippen LogP contribution is -2.08. The summed E-state index contributed by atoms with van der Waals surface area (Å²) in [5, 5.41) is 16.4. The van der Waals surface area contributed by atoms with E-state index >= 15 is 0 Å². The largest absolute Gasteiger partial charge is 0.454 e. The van der Waals surface area contributed by atoms with Crippen LogP contribution in [0.2, 0.25) is 5.02 Å². The van der Waals surface area contributed by atoms with Gasteiger partial charge in [-0.2, -0.15) is 10.1 Å². The summed E-state index contributed by atoms with van der Waals surface area (Å²) in [6.45, 7) is 0.0936. The summed E-state index contributed by atoms with van der Waals surface area (Å²) in [5.41, 5.74) is 4.02. The number of benzene rings is 3. The summed E-state index contributed by atoms with van der Waals surface area (Å²) in [7, 11) is 0. The monoisotopic (exact) mass is 472 g/mol. The van der Waals surface area contributed by atoms with Crippen molar-refractivity contribution in [3.63, 3.8) is 0 Å². The topological polar surface area (TPSA) is 81.5 Å². The second kappa shape index (κ2) is 9.32. The first-order valence-corrected chi connectivity index (χ1v) is 10.9. The van der Waals surface area contributed by atoms with Crippen molar-refractivity contribution in [1.82, 2.24) is 29.9 Å². The third-order valence-electron chi connectivity index (χ3n) is 4.92. The molecule has 1 N–H and O–H groups in total. The zero-order valence-corrected chi connectivity index (χ0v) is 18.8. The molecule has 0 aliphatic heterocycles. The van der Waals surface area contributed by atoms with E-state index in [-0.39, 0.29) is 12.6 Å². The van der Waals surface area contributed by atoms with Gasteiger partial charge in [0.1, 0.15) is 11.4 Å². The highest BCUT2D eigenvalue weighted by atomic mass is 35.5. The first-order valence-electron chi connectivity index (χ1n) is 10.1. The number of H-pyrrole nitrogens is 1. The predicted octanol–water partition coefficient (Wildman–Crippen LogP) is 5.68. The van der Waals surface area contributed by atoms with Crippen LogP contribution < -0.4 is 4.74 Å². The summed E-state index contributed by atoms with van der Waals surface area (Å²) in [6.07, 6.45) is 0. The van der Waals surface area contributed by atoms with Crippen LogP contribution in [0.25, 0.3) is 28.2 Å². The molecule has 0 radical (unpaired) electrons. The van der Waals surface area contributed by atoms with Crippen LogP contribution in [0.1, 0.15) is 5.82 Å². The van der Waals surface area contributed by atoms with E-state index in [9.17, 15) is 0 Å². The molecule has 0 unspecified atom stereocenters. The molecule has 5 aromatic rings. The van der Waals surface area contributed by atoms with E-state index in [1.807, 2.05) is 72.8 Å². The van der Waals surface area contributed by atoms with Crippen LogP contribution in [0, 0.1) is 4.77 Å². The van der Waals surface area contributed by atoms with Gasteiger partial charge in [0.15, 0.2) is 17.2 Å². The van der Waals surface area contributed by atoms with Gasteiger partial charge < -0.3 is 4.74 Å². The number of hydrogen-bond donors (Lipinski definition) is 1. The van der Waals surface area contributed by atoms with Crippen molar-refractivity contribution >= 4 is 23.8 Å². The number of aromatic amines is 1. The van der Waals surface area contributed by atoms with Crippen molar-refractivity contribution in [2.75, 3.05) is 0 Å². The van der Waals surface area contributed by atoms with E-state index < -0.39 is 0 Å². The summed E-state index contributed by atoms with van der Waals surface area (Å²) in [5.74, 6) is 0.569. The molecule has 2 aromatic heterocycles. The third-order valence-corrected chi connectivity index (χ3v) is 5.44. The average molecular weight is 473 g/mol. The normalized spacial score (nSPS) is 10.8. The minimum atomic E-state index is 0.0936. The highest BCUT2D eigenvalue weighted by molar-refractivity contribution is 7.71. The zero-order chi connectivity index (χ0) is 22.6. The molecule has 0 saturated heterocycles. The van der Waals surface area contributed by atoms with Crippen LogP contribution in [0.15, 0.2) is 84.9 Å². The minimum absolute atomic E-state index is 0.0936. The van der Waals surface area contributed by atoms with Gasteiger partial charge in [-0.3, -0.25) is 9.67 Å². The van der Waals surface area contributed by atoms with Crippen LogP contribution >= 0.6 is 23.8 Å². The van der Waals surface area contributed by atoms with Crippen molar-refractivity contribution in [2.24, 2.45) is 0 Å². The summed E-state index contributed by atoms with van der Waals surface area (Å²) in [4.78, 5) is 4.67. The van der Waals surface area contributed by atoms with Gasteiger partial charge in [0.2, 0.25) is 0 Å². The third kappa shape index (κ3) is 4.52. The number of ether oxygens (including phenoxy) is 1. The maximum absolute atomic E-state index is 6.01. The molecule has 5 rings (SSSR count). The van der Waals surface area contributed by atoms with Gasteiger partial charge in [0, 0.05) is 21.8 Å². The maximum Gasteiger partial charge on any atom is 0.336 e. The Morgan fingerprint density at radius 3 is 2.12 bits per heavy atom. The Morgan fingerprint density at radius 2 is 1.45 bits per heavy atom. The summed E-state index contributed by atoms with van der Waals surface area (Å²) >= 11 is 11.4. The SMILES string of the molecule is S=c1[nH]nc(COc2nnc(-c3ccccc3)c(-c3ccccc3)n2)n1-c1ccc(Cl)cc1. The number of aromatic nitrogens is 6. The van der Waals surface area contributed by atoms with Gasteiger partial charge in [-0.1, -0.05) is 77.4 Å². The van der Waals surface area contributed by atoms with Gasteiger partial charge in [-0.05, 0) is 36.5 Å². The van der Waals surface area contributed by atoms with E-state index in [0.29, 0.717) is 27.0 Å². The van der Waals surface area contributed by atoms with Crippen LogP contribution in [0.4, 0.5) is 0 Å². The smallest absolute Gasteiger partial charge is 0.336 e. The Morgan fingerprint density at radius 1 is 0.818 bits per heavy atom. The van der Waals surface area contributed by atoms with Crippen LogP contribution in [-0.4, -0.2) is 29.9 Å². The number of rotatable bonds is 6. The first kappa shape index (κ1) is 21.0. The Labute approximate surface area is 199 Å². The first-order chi connectivity index (χ1) is 16.2. The lowest BCUT2D eigenvalue weighted by Gasteiger charge is -2.11. The molecular formula is C24H17ClN6OS. The second-order valence-electron chi connectivity index (χ2n) is 7.07. The van der Waals surface area contributed by atoms with Crippen LogP contribution in [0.5, 0.6) is 6.01 Å². The molecule has 33 heavy (non-hydrogen) atoms. The molecule has 9 heteroatoms. The van der Waals surface area contributed by atoms with E-state index in [4.69, 9.17) is 28.6 Å². The van der Waals surface area contributed by atoms with Crippen molar-refractivity contribution in [3.8, 4) is 34.2 Å². The van der Waals surface area contributed by atoms with Crippen molar-refractivity contribution < 1.29 is 4.74 Å². The molecule has 0 saturated carbocycles. The predicted molar refractivity (Wildman–Crippen MR) is 129 cm³/mol. The van der Waals surface area contributed by atoms with Crippen molar-refractivity contribution in [2.45, 2.75) is 6.61 Å². The molecule has 2 heterocycles. The second-order valence-corrected chi connectivity index (χ2v) is 7.89. The van der Waals surface area contributed by atoms with E-state index in [0.717, 1.165) is 16.8 Å². The molecular weight excluding hydrogens is 456 g/mol. The Kier molecular flexibility index (Phi) is 5.93. The standard InChI is InChI=1S/C24H17ClN6OS/c25-18-11-13-19(14-12-18)31-20(27-30-24(31)33)15-32-23-26-21(16-7-3-1-4-8-16)22(28-29-23)17-9-5-2-6-10-17/h1-14H,15H2,(H,30,33). The van der Waals surface area contributed by atoms with Gasteiger partial charge in [-0.25, -0.2) is 0 Å². The molecule has 162 valence electrons. The molecule has 0 fully saturated rings. The van der Waals surface area contributed by atoms with Crippen LogP contribution in [0.3, 0.4) is 0 Å². The average Bonchev–Trinajstić information content (AvgIpc) is 3.24. The molecule has 3 aromatic carbocycles. The van der Waals surface area contributed by atoms with Gasteiger partial charge in [0.05, 0.1) is 0 Å². The van der Waals surface area contributed by atoms with Crippen molar-refractivity contribution in [1.29, 1.82) is 0 Å². The number of hydrogen-bond acceptors (Lipinski definition) is 6. The lowest BCUT2D eigenvalue weighted by atomic mass is 10.0. The number of halogens is 1. The molecule has 0 aliphatic carbocycles. The minimum Gasteiger partial charge on any atom is -0.454 e. The fraction of sp³-hybridized carbons (Fsp3) is 0.0417. The highest BCUT2D eigenvalue weighted by Crippen LogP contribution is 2.29.